The normalized spacial score (nSPS) is 19.3. The van der Waals surface area contributed by atoms with Gasteiger partial charge in [-0.3, -0.25) is 0 Å². The third-order valence-corrected chi connectivity index (χ3v) is 7.06. The third-order valence-electron chi connectivity index (χ3n) is 3.20. The van der Waals surface area contributed by atoms with Gasteiger partial charge in [-0.05, 0) is 25.7 Å². The Balaban J connectivity index is 2.47. The summed E-state index contributed by atoms with van der Waals surface area (Å²) >= 11 is 5.48. The standard InChI is InChI=1S/C11H23ClN2O4S2/c1-2-9-20(17,18)14-7-4-11(5-8-14)13-19(15,16)10-3-6-12/h11,13H,2-10H2,1H3. The summed E-state index contributed by atoms with van der Waals surface area (Å²) in [4.78, 5) is 0. The van der Waals surface area contributed by atoms with Crippen molar-refractivity contribution in [3.63, 3.8) is 0 Å². The lowest BCUT2D eigenvalue weighted by atomic mass is 10.1. The van der Waals surface area contributed by atoms with Crippen molar-refractivity contribution >= 4 is 31.6 Å². The lowest BCUT2D eigenvalue weighted by molar-refractivity contribution is 0.308. The van der Waals surface area contributed by atoms with E-state index in [4.69, 9.17) is 11.6 Å². The fraction of sp³-hybridized carbons (Fsp3) is 1.00. The van der Waals surface area contributed by atoms with E-state index in [1.165, 1.54) is 4.31 Å². The minimum absolute atomic E-state index is 0.0187. The Kier molecular flexibility index (Phi) is 7.20. The molecule has 1 rings (SSSR count). The molecule has 1 aliphatic rings. The number of sulfonamides is 2. The molecule has 0 saturated carbocycles. The zero-order valence-electron chi connectivity index (χ0n) is 11.7. The van der Waals surface area contributed by atoms with Gasteiger partial charge in [0.1, 0.15) is 0 Å². The van der Waals surface area contributed by atoms with Gasteiger partial charge in [-0.25, -0.2) is 25.9 Å². The Labute approximate surface area is 127 Å². The Hall–Kier alpha value is 0.110. The molecular weight excluding hydrogens is 324 g/mol. The number of alkyl halides is 1. The number of hydrogen-bond donors (Lipinski definition) is 1. The smallest absolute Gasteiger partial charge is 0.212 e. The maximum atomic E-state index is 11.9. The second-order valence-electron chi connectivity index (χ2n) is 4.97. The van der Waals surface area contributed by atoms with Crippen LogP contribution in [-0.4, -0.2) is 57.7 Å². The van der Waals surface area contributed by atoms with E-state index in [1.807, 2.05) is 6.92 Å². The molecule has 0 amide bonds. The lowest BCUT2D eigenvalue weighted by Crippen LogP contribution is -2.47. The van der Waals surface area contributed by atoms with Crippen LogP contribution in [0.3, 0.4) is 0 Å². The van der Waals surface area contributed by atoms with Crippen LogP contribution in [0.1, 0.15) is 32.6 Å². The van der Waals surface area contributed by atoms with Crippen molar-refractivity contribution in [1.29, 1.82) is 0 Å². The number of nitrogens with one attached hydrogen (secondary N) is 1. The van der Waals surface area contributed by atoms with Gasteiger partial charge >= 0.3 is 0 Å². The lowest BCUT2D eigenvalue weighted by Gasteiger charge is -2.31. The molecule has 1 fully saturated rings. The number of nitrogens with zero attached hydrogens (tertiary/aromatic N) is 1. The molecule has 1 heterocycles. The van der Waals surface area contributed by atoms with Gasteiger partial charge in [0.25, 0.3) is 0 Å². The first-order valence-electron chi connectivity index (χ1n) is 6.84. The zero-order valence-corrected chi connectivity index (χ0v) is 14.1. The summed E-state index contributed by atoms with van der Waals surface area (Å²) in [5, 5.41) is 0. The van der Waals surface area contributed by atoms with Crippen molar-refractivity contribution in [2.45, 2.75) is 38.6 Å². The Bertz CT molecular complexity index is 485. The predicted octanol–water partition coefficient (Wildman–Crippen LogP) is 0.739. The van der Waals surface area contributed by atoms with Crippen LogP contribution < -0.4 is 4.72 Å². The number of hydrogen-bond acceptors (Lipinski definition) is 4. The summed E-state index contributed by atoms with van der Waals surface area (Å²) in [7, 11) is -6.48. The molecule has 0 aromatic rings. The maximum Gasteiger partial charge on any atom is 0.214 e. The fourth-order valence-electron chi connectivity index (χ4n) is 2.20. The van der Waals surface area contributed by atoms with E-state index in [0.29, 0.717) is 44.7 Å². The molecule has 6 nitrogen and oxygen atoms in total. The SMILES string of the molecule is CCCS(=O)(=O)N1CCC(NS(=O)(=O)CCCCl)CC1. The molecule has 20 heavy (non-hydrogen) atoms. The maximum absolute atomic E-state index is 11.9. The van der Waals surface area contributed by atoms with Gasteiger partial charge in [0, 0.05) is 25.0 Å². The highest BCUT2D eigenvalue weighted by Crippen LogP contribution is 2.16. The summed E-state index contributed by atoms with van der Waals surface area (Å²) in [6.07, 6.45) is 2.04. The highest BCUT2D eigenvalue weighted by atomic mass is 35.5. The number of rotatable bonds is 8. The van der Waals surface area contributed by atoms with Gasteiger partial charge in [-0.1, -0.05) is 6.92 Å². The molecule has 0 bridgehead atoms. The molecule has 120 valence electrons. The van der Waals surface area contributed by atoms with Gasteiger partial charge in [0.2, 0.25) is 20.0 Å². The average molecular weight is 347 g/mol. The summed E-state index contributed by atoms with van der Waals surface area (Å²) in [5.41, 5.74) is 0. The molecule has 0 radical (unpaired) electrons. The zero-order chi connectivity index (χ0) is 15.2. The monoisotopic (exact) mass is 346 g/mol. The van der Waals surface area contributed by atoms with Crippen LogP contribution in [0.15, 0.2) is 0 Å². The fourth-order valence-corrected chi connectivity index (χ4v) is 5.42. The number of halogens is 1. The van der Waals surface area contributed by atoms with Crippen molar-refractivity contribution in [2.75, 3.05) is 30.5 Å². The molecular formula is C11H23ClN2O4S2. The van der Waals surface area contributed by atoms with Crippen LogP contribution in [0.2, 0.25) is 0 Å². The minimum atomic E-state index is -3.31. The molecule has 0 unspecified atom stereocenters. The summed E-state index contributed by atoms with van der Waals surface area (Å²) in [6.45, 7) is 2.59. The van der Waals surface area contributed by atoms with Crippen molar-refractivity contribution in [3.05, 3.63) is 0 Å². The van der Waals surface area contributed by atoms with Gasteiger partial charge in [0.15, 0.2) is 0 Å². The Morgan fingerprint density at radius 2 is 1.75 bits per heavy atom. The first-order chi connectivity index (χ1) is 9.30. The van der Waals surface area contributed by atoms with Crippen LogP contribution in [0, 0.1) is 0 Å². The molecule has 0 atom stereocenters. The predicted molar refractivity (Wildman–Crippen MR) is 80.9 cm³/mol. The molecule has 1 saturated heterocycles. The summed E-state index contributed by atoms with van der Waals surface area (Å²) in [5.74, 6) is 0.485. The van der Waals surface area contributed by atoms with Crippen molar-refractivity contribution < 1.29 is 16.8 Å². The van der Waals surface area contributed by atoms with Crippen molar-refractivity contribution in [2.24, 2.45) is 0 Å². The van der Waals surface area contributed by atoms with Gasteiger partial charge in [-0.15, -0.1) is 11.6 Å². The molecule has 0 spiro atoms. The highest BCUT2D eigenvalue weighted by molar-refractivity contribution is 7.89. The van der Waals surface area contributed by atoms with E-state index in [0.717, 1.165) is 0 Å². The third kappa shape index (κ3) is 5.85. The molecule has 0 aliphatic carbocycles. The second kappa shape index (κ2) is 7.93. The second-order valence-corrected chi connectivity index (χ2v) is 9.31. The molecule has 9 heteroatoms. The van der Waals surface area contributed by atoms with Crippen LogP contribution >= 0.6 is 11.6 Å². The topological polar surface area (TPSA) is 83.6 Å². The first kappa shape index (κ1) is 18.2. The van der Waals surface area contributed by atoms with Gasteiger partial charge < -0.3 is 0 Å². The van der Waals surface area contributed by atoms with E-state index in [1.54, 1.807) is 0 Å². The van der Waals surface area contributed by atoms with Crippen molar-refractivity contribution in [3.8, 4) is 0 Å². The summed E-state index contributed by atoms with van der Waals surface area (Å²) in [6, 6.07) is -0.177. The van der Waals surface area contributed by atoms with E-state index in [2.05, 4.69) is 4.72 Å². The molecule has 0 aromatic heterocycles. The quantitative estimate of drug-likeness (QED) is 0.657. The average Bonchev–Trinajstić information content (AvgIpc) is 2.36. The Morgan fingerprint density at radius 1 is 1.15 bits per heavy atom. The highest BCUT2D eigenvalue weighted by Gasteiger charge is 2.29. The van der Waals surface area contributed by atoms with E-state index in [9.17, 15) is 16.8 Å². The summed E-state index contributed by atoms with van der Waals surface area (Å²) < 4.78 is 51.3. The van der Waals surface area contributed by atoms with Crippen LogP contribution in [0.4, 0.5) is 0 Å². The van der Waals surface area contributed by atoms with Crippen molar-refractivity contribution in [1.82, 2.24) is 9.03 Å². The molecule has 1 N–H and O–H groups in total. The molecule has 1 aliphatic heterocycles. The minimum Gasteiger partial charge on any atom is -0.212 e. The largest absolute Gasteiger partial charge is 0.214 e. The van der Waals surface area contributed by atoms with Crippen LogP contribution in [0.25, 0.3) is 0 Å². The van der Waals surface area contributed by atoms with E-state index >= 15 is 0 Å². The molecule has 0 aromatic carbocycles. The van der Waals surface area contributed by atoms with Crippen LogP contribution in [-0.2, 0) is 20.0 Å². The van der Waals surface area contributed by atoms with E-state index < -0.39 is 20.0 Å². The number of piperidine rings is 1. The van der Waals surface area contributed by atoms with Gasteiger partial charge in [-0.2, -0.15) is 0 Å². The van der Waals surface area contributed by atoms with E-state index in [-0.39, 0.29) is 17.5 Å². The van der Waals surface area contributed by atoms with Crippen LogP contribution in [0.5, 0.6) is 0 Å². The van der Waals surface area contributed by atoms with Gasteiger partial charge in [0.05, 0.1) is 11.5 Å². The first-order valence-corrected chi connectivity index (χ1v) is 10.6. The Morgan fingerprint density at radius 3 is 2.25 bits per heavy atom.